The van der Waals surface area contributed by atoms with Crippen molar-refractivity contribution in [2.45, 2.75) is 92.0 Å². The molecule has 0 saturated heterocycles. The van der Waals surface area contributed by atoms with Gasteiger partial charge in [0, 0.05) is 29.6 Å². The maximum Gasteiger partial charge on any atom is 0.251 e. The zero-order valence-corrected chi connectivity index (χ0v) is 25.1. The van der Waals surface area contributed by atoms with Crippen LogP contribution in [0.2, 0.25) is 0 Å². The van der Waals surface area contributed by atoms with Crippen molar-refractivity contribution < 1.29 is 4.79 Å². The van der Waals surface area contributed by atoms with Crippen LogP contribution >= 0.6 is 0 Å². The van der Waals surface area contributed by atoms with Crippen LogP contribution in [0.1, 0.15) is 89.4 Å². The number of benzene rings is 2. The molecule has 2 aromatic carbocycles. The number of unbranched alkanes of at least 4 members (excludes halogenated alkanes) is 4. The first-order chi connectivity index (χ1) is 19.8. The van der Waals surface area contributed by atoms with Gasteiger partial charge in [0.2, 0.25) is 0 Å². The first-order valence-corrected chi connectivity index (χ1v) is 15.0. The highest BCUT2D eigenvalue weighted by atomic mass is 16.1. The van der Waals surface area contributed by atoms with Crippen LogP contribution in [0.4, 0.5) is 5.95 Å². The van der Waals surface area contributed by atoms with Crippen molar-refractivity contribution in [1.29, 1.82) is 0 Å². The predicted molar refractivity (Wildman–Crippen MR) is 166 cm³/mol. The predicted octanol–water partition coefficient (Wildman–Crippen LogP) is 6.29. The smallest absolute Gasteiger partial charge is 0.251 e. The number of aryl methyl sites for hydroxylation is 6. The fourth-order valence-corrected chi connectivity index (χ4v) is 5.51. The Balaban J connectivity index is 1.17. The molecule has 2 aromatic heterocycles. The monoisotopic (exact) mass is 555 g/mol. The van der Waals surface area contributed by atoms with E-state index in [0.717, 1.165) is 55.6 Å². The number of carbonyl (C=O) groups excluding carboxylic acids is 1. The van der Waals surface area contributed by atoms with E-state index >= 15 is 0 Å². The van der Waals surface area contributed by atoms with Crippen molar-refractivity contribution in [3.63, 3.8) is 0 Å². The van der Waals surface area contributed by atoms with Crippen LogP contribution in [-0.4, -0.2) is 37.4 Å². The highest BCUT2D eigenvalue weighted by Gasteiger charge is 2.15. The summed E-state index contributed by atoms with van der Waals surface area (Å²) in [4.78, 5) is 20.4. The van der Waals surface area contributed by atoms with Crippen LogP contribution in [-0.2, 0) is 25.8 Å². The van der Waals surface area contributed by atoms with Gasteiger partial charge in [-0.3, -0.25) is 9.48 Å². The Labute approximate surface area is 244 Å². The van der Waals surface area contributed by atoms with Gasteiger partial charge in [-0.1, -0.05) is 61.2 Å². The molecule has 0 aliphatic rings. The molecule has 0 atom stereocenters. The van der Waals surface area contributed by atoms with Gasteiger partial charge >= 0.3 is 0 Å². The maximum absolute atomic E-state index is 12.5. The summed E-state index contributed by atoms with van der Waals surface area (Å²) in [6.07, 6.45) is 11.6. The van der Waals surface area contributed by atoms with Gasteiger partial charge in [-0.25, -0.2) is 4.98 Å². The molecule has 0 fully saturated rings. The van der Waals surface area contributed by atoms with Gasteiger partial charge in [-0.05, 0) is 88.1 Å². The van der Waals surface area contributed by atoms with E-state index in [9.17, 15) is 4.79 Å². The molecule has 0 aliphatic carbocycles. The summed E-state index contributed by atoms with van der Waals surface area (Å²) >= 11 is 0. The maximum atomic E-state index is 12.5. The molecule has 2 heterocycles. The van der Waals surface area contributed by atoms with E-state index in [1.165, 1.54) is 47.1 Å². The number of carbonyl (C=O) groups is 1. The lowest BCUT2D eigenvalue weighted by Gasteiger charge is -2.11. The van der Waals surface area contributed by atoms with Crippen LogP contribution in [0.25, 0.3) is 11.3 Å². The number of anilines is 1. The molecule has 218 valence electrons. The third kappa shape index (κ3) is 8.52. The van der Waals surface area contributed by atoms with Gasteiger partial charge in [0.15, 0.2) is 5.95 Å². The minimum atomic E-state index is -0.0553. The van der Waals surface area contributed by atoms with Crippen molar-refractivity contribution in [3.8, 4) is 11.3 Å². The molecule has 4 rings (SSSR count). The first kappa shape index (κ1) is 30.0. The Morgan fingerprint density at radius 1 is 0.951 bits per heavy atom. The lowest BCUT2D eigenvalue weighted by molar-refractivity contribution is 0.0952. The summed E-state index contributed by atoms with van der Waals surface area (Å²) in [7, 11) is 0. The fourth-order valence-electron chi connectivity index (χ4n) is 5.51. The number of hydrogen-bond acceptors (Lipinski definition) is 5. The van der Waals surface area contributed by atoms with Gasteiger partial charge in [0.05, 0.1) is 17.9 Å². The number of nitrogens with zero attached hydrogens (tertiary/aromatic N) is 4. The van der Waals surface area contributed by atoms with Gasteiger partial charge < -0.3 is 16.0 Å². The van der Waals surface area contributed by atoms with Gasteiger partial charge in [0.1, 0.15) is 0 Å². The number of aromatic amines is 1. The van der Waals surface area contributed by atoms with Gasteiger partial charge in [-0.15, -0.1) is 5.10 Å². The van der Waals surface area contributed by atoms with Crippen LogP contribution in [0.15, 0.2) is 42.6 Å². The molecule has 0 radical (unpaired) electrons. The second-order valence-electron chi connectivity index (χ2n) is 11.2. The summed E-state index contributed by atoms with van der Waals surface area (Å²) in [5.41, 5.74) is 16.0. The third-order valence-electron chi connectivity index (χ3n) is 7.57. The SMILES string of the molecule is CCCCCc1ccc(C(=O)NCCn2cc(CCCCCc3[nH]c(N)nc3-c3c(C)cc(C)cc3C)nn2)cc1. The summed E-state index contributed by atoms with van der Waals surface area (Å²) in [6.45, 7) is 9.71. The molecule has 0 bridgehead atoms. The second kappa shape index (κ2) is 14.6. The second-order valence-corrected chi connectivity index (χ2v) is 11.2. The Bertz CT molecular complexity index is 1390. The number of hydrogen-bond donors (Lipinski definition) is 3. The van der Waals surface area contributed by atoms with Gasteiger partial charge in [-0.2, -0.15) is 0 Å². The largest absolute Gasteiger partial charge is 0.369 e. The molecule has 4 aromatic rings. The van der Waals surface area contributed by atoms with Crippen LogP contribution in [0, 0.1) is 20.8 Å². The van der Waals surface area contributed by atoms with Gasteiger partial charge in [0.25, 0.3) is 5.91 Å². The molecule has 8 heteroatoms. The Morgan fingerprint density at radius 2 is 1.66 bits per heavy atom. The normalized spacial score (nSPS) is 11.2. The molecule has 0 spiro atoms. The topological polar surface area (TPSA) is 115 Å². The Kier molecular flexibility index (Phi) is 10.7. The molecule has 1 amide bonds. The summed E-state index contributed by atoms with van der Waals surface area (Å²) in [6, 6.07) is 12.3. The number of rotatable bonds is 15. The number of nitrogens with two attached hydrogens (primary N) is 1. The molecule has 41 heavy (non-hydrogen) atoms. The highest BCUT2D eigenvalue weighted by molar-refractivity contribution is 5.94. The molecule has 4 N–H and O–H groups in total. The van der Waals surface area contributed by atoms with Crippen molar-refractivity contribution in [2.24, 2.45) is 0 Å². The summed E-state index contributed by atoms with van der Waals surface area (Å²) in [5, 5.41) is 11.5. The zero-order valence-electron chi connectivity index (χ0n) is 25.1. The van der Waals surface area contributed by atoms with E-state index < -0.39 is 0 Å². The average molecular weight is 556 g/mol. The molecule has 0 unspecified atom stereocenters. The zero-order chi connectivity index (χ0) is 29.2. The van der Waals surface area contributed by atoms with Crippen LogP contribution < -0.4 is 11.1 Å². The summed E-state index contributed by atoms with van der Waals surface area (Å²) < 4.78 is 1.80. The quantitative estimate of drug-likeness (QED) is 0.149. The standard InChI is InChI=1S/C33H45N7O/c1-5-6-8-11-26-14-16-27(17-15-26)32(41)35-18-19-40-22-28(38-39-40)12-9-7-10-13-29-31(37-33(34)36-29)30-24(3)20-23(2)21-25(30)4/h14-17,20-22H,5-13,18-19H2,1-4H3,(H,35,41)(H3,34,36,37). The minimum absolute atomic E-state index is 0.0553. The number of nitrogen functional groups attached to an aromatic ring is 1. The number of amides is 1. The Morgan fingerprint density at radius 3 is 2.39 bits per heavy atom. The third-order valence-corrected chi connectivity index (χ3v) is 7.57. The highest BCUT2D eigenvalue weighted by Crippen LogP contribution is 2.31. The Hall–Kier alpha value is -3.94. The van der Waals surface area contributed by atoms with Crippen LogP contribution in [0.5, 0.6) is 0 Å². The molecular weight excluding hydrogens is 510 g/mol. The molecule has 0 saturated carbocycles. The molecule has 0 aliphatic heterocycles. The van der Waals surface area contributed by atoms with Crippen LogP contribution in [0.3, 0.4) is 0 Å². The number of nitrogens with one attached hydrogen (secondary N) is 2. The van der Waals surface area contributed by atoms with Crippen molar-refractivity contribution >= 4 is 11.9 Å². The van der Waals surface area contributed by atoms with E-state index in [-0.39, 0.29) is 5.91 Å². The van der Waals surface area contributed by atoms with E-state index in [2.05, 4.69) is 77.6 Å². The average Bonchev–Trinajstić information content (AvgIpc) is 3.54. The fraction of sp³-hybridized carbons (Fsp3) is 0.455. The number of imidazole rings is 1. The lowest BCUT2D eigenvalue weighted by Crippen LogP contribution is -2.27. The first-order valence-electron chi connectivity index (χ1n) is 15.0. The van der Waals surface area contributed by atoms with Crippen molar-refractivity contribution in [3.05, 3.63) is 81.8 Å². The molecular formula is C33H45N7O. The van der Waals surface area contributed by atoms with E-state index in [4.69, 9.17) is 5.73 Å². The lowest BCUT2D eigenvalue weighted by atomic mass is 9.95. The minimum Gasteiger partial charge on any atom is -0.369 e. The number of aromatic nitrogens is 5. The van der Waals surface area contributed by atoms with E-state index in [0.29, 0.717) is 24.6 Å². The number of H-pyrrole nitrogens is 1. The summed E-state index contributed by atoms with van der Waals surface area (Å²) in [5.74, 6) is 0.415. The van der Waals surface area contributed by atoms with E-state index in [1.807, 2.05) is 18.3 Å². The van der Waals surface area contributed by atoms with E-state index in [1.54, 1.807) is 4.68 Å². The van der Waals surface area contributed by atoms with Crippen molar-refractivity contribution in [1.82, 2.24) is 30.3 Å². The van der Waals surface area contributed by atoms with Crippen molar-refractivity contribution in [2.75, 3.05) is 12.3 Å². The molecule has 8 nitrogen and oxygen atoms in total.